The number of amides is 2. The summed E-state index contributed by atoms with van der Waals surface area (Å²) < 4.78 is 0. The predicted octanol–water partition coefficient (Wildman–Crippen LogP) is 4.12. The number of benzene rings is 3. The Morgan fingerprint density at radius 1 is 0.967 bits per heavy atom. The van der Waals surface area contributed by atoms with Gasteiger partial charge in [-0.1, -0.05) is 54.6 Å². The van der Waals surface area contributed by atoms with E-state index in [2.05, 4.69) is 10.6 Å². The summed E-state index contributed by atoms with van der Waals surface area (Å²) in [6.07, 6.45) is 0.232. The molecule has 6 heteroatoms. The van der Waals surface area contributed by atoms with E-state index in [-0.39, 0.29) is 31.3 Å². The molecule has 0 radical (unpaired) electrons. The van der Waals surface area contributed by atoms with E-state index in [1.807, 2.05) is 48.5 Å². The zero-order valence-corrected chi connectivity index (χ0v) is 17.2. The van der Waals surface area contributed by atoms with E-state index in [4.69, 9.17) is 16.9 Å². The molecule has 1 atom stereocenters. The van der Waals surface area contributed by atoms with Crippen LogP contribution in [0.25, 0.3) is 10.8 Å². The highest BCUT2D eigenvalue weighted by Crippen LogP contribution is 2.22. The fourth-order valence-corrected chi connectivity index (χ4v) is 3.37. The average molecular weight is 420 g/mol. The standard InChI is InChI=1S/C24H22ClN3O2/c25-15-17-6-8-19(9-7-17)23(29)28-16-22(24(30)27-13-3-12-26)21-11-10-18-4-1-2-5-20(18)14-21/h1-2,4-11,14,22H,3,13,15-16H2,(H,27,30)(H,28,29). The minimum absolute atomic E-state index is 0.146. The highest BCUT2D eigenvalue weighted by atomic mass is 35.5. The SMILES string of the molecule is N#CCCNC(=O)C(CNC(=O)c1ccc(CCl)cc1)c1ccc2ccccc2c1. The summed E-state index contributed by atoms with van der Waals surface area (Å²) in [5.74, 6) is -0.668. The Morgan fingerprint density at radius 3 is 2.40 bits per heavy atom. The molecule has 0 aliphatic carbocycles. The first kappa shape index (κ1) is 21.4. The van der Waals surface area contributed by atoms with E-state index in [1.165, 1.54) is 0 Å². The van der Waals surface area contributed by atoms with Crippen molar-refractivity contribution >= 4 is 34.2 Å². The van der Waals surface area contributed by atoms with Crippen LogP contribution < -0.4 is 10.6 Å². The summed E-state index contributed by atoms with van der Waals surface area (Å²) in [5, 5.41) is 16.5. The van der Waals surface area contributed by atoms with E-state index >= 15 is 0 Å². The van der Waals surface area contributed by atoms with Crippen LogP contribution in [-0.2, 0) is 10.7 Å². The van der Waals surface area contributed by atoms with Crippen molar-refractivity contribution in [2.75, 3.05) is 13.1 Å². The van der Waals surface area contributed by atoms with Crippen LogP contribution in [0.3, 0.4) is 0 Å². The third-order valence-corrected chi connectivity index (χ3v) is 5.17. The van der Waals surface area contributed by atoms with Crippen molar-refractivity contribution in [3.63, 3.8) is 0 Å². The van der Waals surface area contributed by atoms with Crippen molar-refractivity contribution in [1.29, 1.82) is 5.26 Å². The first-order valence-corrected chi connectivity index (χ1v) is 10.2. The topological polar surface area (TPSA) is 82.0 Å². The number of hydrogen-bond acceptors (Lipinski definition) is 3. The third-order valence-electron chi connectivity index (χ3n) is 4.87. The molecule has 3 aromatic carbocycles. The zero-order chi connectivity index (χ0) is 21.3. The summed E-state index contributed by atoms with van der Waals surface area (Å²) in [5.41, 5.74) is 2.24. The maximum atomic E-state index is 12.8. The number of carbonyl (C=O) groups excluding carboxylic acids is 2. The van der Waals surface area contributed by atoms with Crippen LogP contribution in [0.1, 0.15) is 33.8 Å². The normalized spacial score (nSPS) is 11.5. The number of hydrogen-bond donors (Lipinski definition) is 2. The molecule has 5 nitrogen and oxygen atoms in total. The van der Waals surface area contributed by atoms with Gasteiger partial charge >= 0.3 is 0 Å². The molecule has 0 bridgehead atoms. The summed E-state index contributed by atoms with van der Waals surface area (Å²) >= 11 is 5.79. The Kier molecular flexibility index (Phi) is 7.42. The fourth-order valence-electron chi connectivity index (χ4n) is 3.19. The van der Waals surface area contributed by atoms with Crippen LogP contribution in [0.2, 0.25) is 0 Å². The maximum Gasteiger partial charge on any atom is 0.251 e. The van der Waals surface area contributed by atoms with Crippen molar-refractivity contribution < 1.29 is 9.59 Å². The number of alkyl halides is 1. The lowest BCUT2D eigenvalue weighted by Gasteiger charge is -2.18. The van der Waals surface area contributed by atoms with Crippen molar-refractivity contribution in [2.24, 2.45) is 0 Å². The van der Waals surface area contributed by atoms with Crippen molar-refractivity contribution in [3.05, 3.63) is 83.4 Å². The van der Waals surface area contributed by atoms with Gasteiger partial charge in [-0.2, -0.15) is 5.26 Å². The monoisotopic (exact) mass is 419 g/mol. The third kappa shape index (κ3) is 5.37. The zero-order valence-electron chi connectivity index (χ0n) is 16.4. The second kappa shape index (κ2) is 10.4. The highest BCUT2D eigenvalue weighted by Gasteiger charge is 2.22. The van der Waals surface area contributed by atoms with Gasteiger partial charge in [-0.3, -0.25) is 9.59 Å². The largest absolute Gasteiger partial charge is 0.354 e. The van der Waals surface area contributed by atoms with E-state index in [1.54, 1.807) is 24.3 Å². The van der Waals surface area contributed by atoms with Crippen LogP contribution >= 0.6 is 11.6 Å². The lowest BCUT2D eigenvalue weighted by molar-refractivity contribution is -0.122. The second-order valence-electron chi connectivity index (χ2n) is 6.90. The quantitative estimate of drug-likeness (QED) is 0.425. The molecule has 30 heavy (non-hydrogen) atoms. The summed E-state index contributed by atoms with van der Waals surface area (Å²) in [6.45, 7) is 0.417. The number of carbonyl (C=O) groups is 2. The summed E-state index contributed by atoms with van der Waals surface area (Å²) in [4.78, 5) is 25.4. The van der Waals surface area contributed by atoms with Gasteiger partial charge in [0.25, 0.3) is 5.91 Å². The Hall–Kier alpha value is -3.36. The van der Waals surface area contributed by atoms with E-state index in [0.29, 0.717) is 11.4 Å². The lowest BCUT2D eigenvalue weighted by atomic mass is 9.95. The Morgan fingerprint density at radius 2 is 1.70 bits per heavy atom. The van der Waals surface area contributed by atoms with Crippen molar-refractivity contribution in [1.82, 2.24) is 10.6 Å². The van der Waals surface area contributed by atoms with Crippen LogP contribution in [0.15, 0.2) is 66.7 Å². The first-order valence-electron chi connectivity index (χ1n) is 9.69. The van der Waals surface area contributed by atoms with Crippen LogP contribution in [0.5, 0.6) is 0 Å². The molecule has 0 spiro atoms. The second-order valence-corrected chi connectivity index (χ2v) is 7.17. The van der Waals surface area contributed by atoms with Crippen molar-refractivity contribution in [3.8, 4) is 6.07 Å². The molecule has 3 aromatic rings. The molecule has 0 aromatic heterocycles. The first-order chi connectivity index (χ1) is 14.6. The smallest absolute Gasteiger partial charge is 0.251 e. The predicted molar refractivity (Wildman–Crippen MR) is 118 cm³/mol. The molecular formula is C24H22ClN3O2. The Labute approximate surface area is 180 Å². The molecule has 0 saturated heterocycles. The average Bonchev–Trinajstić information content (AvgIpc) is 2.79. The van der Waals surface area contributed by atoms with Crippen LogP contribution in [0, 0.1) is 11.3 Å². The number of nitriles is 1. The van der Waals surface area contributed by atoms with E-state index in [0.717, 1.165) is 21.9 Å². The van der Waals surface area contributed by atoms with Gasteiger partial charge in [0.15, 0.2) is 0 Å². The van der Waals surface area contributed by atoms with Gasteiger partial charge < -0.3 is 10.6 Å². The molecule has 2 N–H and O–H groups in total. The Bertz CT molecular complexity index is 1070. The molecule has 0 saturated carbocycles. The van der Waals surface area contributed by atoms with Gasteiger partial charge in [0.05, 0.1) is 18.4 Å². The van der Waals surface area contributed by atoms with Gasteiger partial charge in [-0.25, -0.2) is 0 Å². The van der Waals surface area contributed by atoms with E-state index < -0.39 is 5.92 Å². The highest BCUT2D eigenvalue weighted by molar-refractivity contribution is 6.17. The summed E-state index contributed by atoms with van der Waals surface area (Å²) in [6, 6.07) is 22.8. The molecule has 3 rings (SSSR count). The number of nitrogens with one attached hydrogen (secondary N) is 2. The van der Waals surface area contributed by atoms with Gasteiger partial charge in [0.2, 0.25) is 5.91 Å². The number of rotatable bonds is 8. The minimum atomic E-state index is -0.570. The molecule has 1 unspecified atom stereocenters. The van der Waals surface area contributed by atoms with Crippen LogP contribution in [-0.4, -0.2) is 24.9 Å². The molecule has 0 heterocycles. The molecule has 0 aliphatic heterocycles. The molecule has 0 fully saturated rings. The summed E-state index contributed by atoms with van der Waals surface area (Å²) in [7, 11) is 0. The maximum absolute atomic E-state index is 12.8. The number of nitrogens with zero attached hydrogens (tertiary/aromatic N) is 1. The molecule has 152 valence electrons. The lowest BCUT2D eigenvalue weighted by Crippen LogP contribution is -2.37. The van der Waals surface area contributed by atoms with Crippen molar-refractivity contribution in [2.45, 2.75) is 18.2 Å². The molecule has 0 aliphatic rings. The van der Waals surface area contributed by atoms with Gasteiger partial charge in [0.1, 0.15) is 0 Å². The number of halogens is 1. The van der Waals surface area contributed by atoms with Crippen LogP contribution in [0.4, 0.5) is 0 Å². The van der Waals surface area contributed by atoms with Gasteiger partial charge in [0, 0.05) is 24.5 Å². The minimum Gasteiger partial charge on any atom is -0.354 e. The Balaban J connectivity index is 1.78. The molecular weight excluding hydrogens is 398 g/mol. The molecule has 2 amide bonds. The van der Waals surface area contributed by atoms with Gasteiger partial charge in [-0.05, 0) is 34.0 Å². The van der Waals surface area contributed by atoms with E-state index in [9.17, 15) is 9.59 Å². The van der Waals surface area contributed by atoms with Gasteiger partial charge in [-0.15, -0.1) is 11.6 Å². The fraction of sp³-hybridized carbons (Fsp3) is 0.208. The number of fused-ring (bicyclic) bond motifs is 1.